The Hall–Kier alpha value is -0.350. The lowest BCUT2D eigenvalue weighted by Crippen LogP contribution is -2.20. The van der Waals surface area contributed by atoms with Gasteiger partial charge in [-0.1, -0.05) is 119 Å². The first kappa shape index (κ1) is 29.7. The third kappa shape index (κ3) is 22.3. The van der Waals surface area contributed by atoms with Gasteiger partial charge < -0.3 is 9.64 Å². The fourth-order valence-corrected chi connectivity index (χ4v) is 4.01. The molecule has 3 nitrogen and oxygen atoms in total. The number of nitrogens with zero attached hydrogens (tertiary/aromatic N) is 1. The van der Waals surface area contributed by atoms with E-state index >= 15 is 0 Å². The van der Waals surface area contributed by atoms with Gasteiger partial charge in [-0.25, -0.2) is 4.79 Å². The van der Waals surface area contributed by atoms with Crippen LogP contribution in [0.25, 0.3) is 0 Å². The van der Waals surface area contributed by atoms with Crippen molar-refractivity contribution in [1.29, 1.82) is 0 Å². The highest BCUT2D eigenvalue weighted by atomic mass is 79.9. The van der Waals surface area contributed by atoms with Gasteiger partial charge >= 0.3 is 5.97 Å². The highest BCUT2D eigenvalue weighted by Gasteiger charge is 2.08. The summed E-state index contributed by atoms with van der Waals surface area (Å²) in [5.41, 5.74) is 0.628. The molecule has 0 aromatic carbocycles. The van der Waals surface area contributed by atoms with Gasteiger partial charge in [0.15, 0.2) is 0 Å². The van der Waals surface area contributed by atoms with E-state index in [1.54, 1.807) is 0 Å². The average molecular weight is 489 g/mol. The molecular weight excluding hydrogens is 438 g/mol. The van der Waals surface area contributed by atoms with Crippen LogP contribution in [0, 0.1) is 0 Å². The van der Waals surface area contributed by atoms with Crippen LogP contribution in [0.2, 0.25) is 0 Å². The van der Waals surface area contributed by atoms with Gasteiger partial charge in [-0.05, 0) is 33.4 Å². The van der Waals surface area contributed by atoms with Crippen LogP contribution in [0.4, 0.5) is 0 Å². The Morgan fingerprint density at radius 2 is 1.07 bits per heavy atom. The summed E-state index contributed by atoms with van der Waals surface area (Å²) < 4.78 is 5.22. The fourth-order valence-electron chi connectivity index (χ4n) is 3.61. The number of esters is 1. The first-order valence-corrected chi connectivity index (χ1v) is 13.8. The quantitative estimate of drug-likeness (QED) is 0.0630. The molecule has 0 radical (unpaired) electrons. The summed E-state index contributed by atoms with van der Waals surface area (Å²) in [5.74, 6) is -0.220. The van der Waals surface area contributed by atoms with E-state index < -0.39 is 0 Å². The third-order valence-corrected chi connectivity index (χ3v) is 6.23. The van der Waals surface area contributed by atoms with Crippen molar-refractivity contribution in [2.45, 2.75) is 116 Å². The van der Waals surface area contributed by atoms with E-state index in [0.717, 1.165) is 19.4 Å². The lowest BCUT2D eigenvalue weighted by molar-refractivity contribution is -0.139. The molecular formula is C26H50BrNO2. The molecule has 0 aromatic rings. The van der Waals surface area contributed by atoms with Gasteiger partial charge in [0.25, 0.3) is 0 Å². The molecule has 0 spiro atoms. The minimum atomic E-state index is -0.220. The number of ether oxygens (including phenoxy) is 1. The Kier molecular flexibility index (Phi) is 23.0. The standard InChI is InChI=1S/C26H50BrNO2/c1-25(26(29)30-24-23-28(2)3)21-19-17-15-13-11-9-7-5-4-6-8-10-12-14-16-18-20-22-27/h1,4-24H2,2-3H3. The van der Waals surface area contributed by atoms with Crippen molar-refractivity contribution >= 4 is 21.9 Å². The maximum absolute atomic E-state index is 11.8. The zero-order chi connectivity index (χ0) is 22.3. The highest BCUT2D eigenvalue weighted by molar-refractivity contribution is 9.09. The summed E-state index contributed by atoms with van der Waals surface area (Å²) in [7, 11) is 3.94. The average Bonchev–Trinajstić information content (AvgIpc) is 2.72. The lowest BCUT2D eigenvalue weighted by atomic mass is 10.0. The van der Waals surface area contributed by atoms with Crippen LogP contribution < -0.4 is 0 Å². The molecule has 0 atom stereocenters. The number of unbranched alkanes of at least 4 members (excludes halogenated alkanes) is 16. The van der Waals surface area contributed by atoms with Crippen LogP contribution in [0.5, 0.6) is 0 Å². The van der Waals surface area contributed by atoms with Crippen LogP contribution >= 0.6 is 15.9 Å². The molecule has 0 aliphatic carbocycles. The number of hydrogen-bond donors (Lipinski definition) is 0. The minimum absolute atomic E-state index is 0.220. The number of likely N-dealkylation sites (N-methyl/N-ethyl adjacent to an activating group) is 1. The van der Waals surface area contributed by atoms with Crippen molar-refractivity contribution in [2.24, 2.45) is 0 Å². The highest BCUT2D eigenvalue weighted by Crippen LogP contribution is 2.15. The maximum atomic E-state index is 11.8. The Balaban J connectivity index is 3.22. The second-order valence-electron chi connectivity index (χ2n) is 8.99. The molecule has 0 aromatic heterocycles. The van der Waals surface area contributed by atoms with E-state index in [2.05, 4.69) is 22.5 Å². The van der Waals surface area contributed by atoms with Gasteiger partial charge in [0, 0.05) is 17.4 Å². The molecule has 0 saturated heterocycles. The molecule has 30 heavy (non-hydrogen) atoms. The molecule has 0 aliphatic heterocycles. The summed E-state index contributed by atoms with van der Waals surface area (Å²) in [5, 5.41) is 1.17. The smallest absolute Gasteiger partial charge is 0.333 e. The minimum Gasteiger partial charge on any atom is -0.461 e. The third-order valence-electron chi connectivity index (χ3n) is 5.67. The van der Waals surface area contributed by atoms with E-state index in [4.69, 9.17) is 4.74 Å². The number of halogens is 1. The number of alkyl halides is 1. The molecule has 0 rings (SSSR count). The van der Waals surface area contributed by atoms with Crippen LogP contribution in [-0.2, 0) is 9.53 Å². The second kappa shape index (κ2) is 23.3. The van der Waals surface area contributed by atoms with Crippen molar-refractivity contribution in [3.8, 4) is 0 Å². The van der Waals surface area contributed by atoms with Gasteiger partial charge in [-0.2, -0.15) is 0 Å². The zero-order valence-corrected chi connectivity index (χ0v) is 21.8. The SMILES string of the molecule is C=C(CCCCCCCCCCCCCCCCCCCBr)C(=O)OCCN(C)C. The predicted molar refractivity (Wildman–Crippen MR) is 136 cm³/mol. The maximum Gasteiger partial charge on any atom is 0.333 e. The van der Waals surface area contributed by atoms with Crippen LogP contribution in [0.3, 0.4) is 0 Å². The summed E-state index contributed by atoms with van der Waals surface area (Å²) in [4.78, 5) is 13.8. The number of rotatable bonds is 23. The lowest BCUT2D eigenvalue weighted by Gasteiger charge is -2.11. The molecule has 0 fully saturated rings. The Morgan fingerprint density at radius 3 is 1.43 bits per heavy atom. The summed E-state index contributed by atoms with van der Waals surface area (Å²) in [6, 6.07) is 0. The topological polar surface area (TPSA) is 29.5 Å². The van der Waals surface area contributed by atoms with E-state index in [9.17, 15) is 4.79 Å². The first-order chi connectivity index (χ1) is 14.6. The summed E-state index contributed by atoms with van der Waals surface area (Å²) in [6.45, 7) is 5.08. The van der Waals surface area contributed by atoms with Crippen molar-refractivity contribution in [2.75, 3.05) is 32.6 Å². The largest absolute Gasteiger partial charge is 0.461 e. The van der Waals surface area contributed by atoms with Crippen molar-refractivity contribution in [1.82, 2.24) is 4.90 Å². The van der Waals surface area contributed by atoms with Crippen LogP contribution in [0.1, 0.15) is 116 Å². The van der Waals surface area contributed by atoms with E-state index in [1.807, 2.05) is 19.0 Å². The van der Waals surface area contributed by atoms with Crippen molar-refractivity contribution in [3.05, 3.63) is 12.2 Å². The Bertz CT molecular complexity index is 398. The zero-order valence-electron chi connectivity index (χ0n) is 20.2. The Labute approximate surface area is 196 Å². The fraction of sp³-hybridized carbons (Fsp3) is 0.885. The van der Waals surface area contributed by atoms with E-state index in [-0.39, 0.29) is 5.97 Å². The molecule has 0 heterocycles. The van der Waals surface area contributed by atoms with Crippen LogP contribution in [-0.4, -0.2) is 43.4 Å². The normalized spacial score (nSPS) is 11.2. The molecule has 0 unspecified atom stereocenters. The second-order valence-corrected chi connectivity index (χ2v) is 9.79. The monoisotopic (exact) mass is 487 g/mol. The number of carbonyl (C=O) groups excluding carboxylic acids is 1. The predicted octanol–water partition coefficient (Wildman–Crippen LogP) is 8.06. The molecule has 0 bridgehead atoms. The molecule has 0 aliphatic rings. The van der Waals surface area contributed by atoms with E-state index in [1.165, 1.54) is 108 Å². The molecule has 178 valence electrons. The van der Waals surface area contributed by atoms with E-state index in [0.29, 0.717) is 12.2 Å². The van der Waals surface area contributed by atoms with Gasteiger partial charge in [-0.15, -0.1) is 0 Å². The van der Waals surface area contributed by atoms with Crippen LogP contribution in [0.15, 0.2) is 12.2 Å². The van der Waals surface area contributed by atoms with Gasteiger partial charge in [0.05, 0.1) is 0 Å². The van der Waals surface area contributed by atoms with Gasteiger partial charge in [-0.3, -0.25) is 0 Å². The molecule has 0 saturated carbocycles. The van der Waals surface area contributed by atoms with Crippen molar-refractivity contribution < 1.29 is 9.53 Å². The summed E-state index contributed by atoms with van der Waals surface area (Å²) in [6.07, 6.45) is 24.0. The Morgan fingerprint density at radius 1 is 0.700 bits per heavy atom. The number of carbonyl (C=O) groups is 1. The molecule has 0 amide bonds. The molecule has 4 heteroatoms. The van der Waals surface area contributed by atoms with Gasteiger partial charge in [0.2, 0.25) is 0 Å². The van der Waals surface area contributed by atoms with Crippen molar-refractivity contribution in [3.63, 3.8) is 0 Å². The van der Waals surface area contributed by atoms with Gasteiger partial charge in [0.1, 0.15) is 6.61 Å². The summed E-state index contributed by atoms with van der Waals surface area (Å²) >= 11 is 3.50. The first-order valence-electron chi connectivity index (χ1n) is 12.6. The molecule has 0 N–H and O–H groups in total. The number of hydrogen-bond acceptors (Lipinski definition) is 3.